The normalized spacial score (nSPS) is 23.0. The Morgan fingerprint density at radius 3 is 2.89 bits per heavy atom. The molecule has 2 rings (SSSR count). The zero-order chi connectivity index (χ0) is 13.1. The van der Waals surface area contributed by atoms with Crippen LogP contribution in [-0.4, -0.2) is 24.7 Å². The molecule has 0 radical (unpaired) electrons. The van der Waals surface area contributed by atoms with E-state index in [2.05, 4.69) is 12.2 Å². The van der Waals surface area contributed by atoms with Gasteiger partial charge in [-0.05, 0) is 44.4 Å². The molecule has 1 aliphatic heterocycles. The van der Waals surface area contributed by atoms with E-state index >= 15 is 0 Å². The van der Waals surface area contributed by atoms with Crippen LogP contribution in [0.5, 0.6) is 0 Å². The van der Waals surface area contributed by atoms with Crippen molar-refractivity contribution in [2.24, 2.45) is 5.73 Å². The lowest BCUT2D eigenvalue weighted by molar-refractivity contribution is 0.0637. The van der Waals surface area contributed by atoms with Crippen LogP contribution >= 0.6 is 0 Å². The van der Waals surface area contributed by atoms with Crippen LogP contribution in [-0.2, 0) is 4.74 Å². The fraction of sp³-hybridized carbons (Fsp3) is 0.500. The maximum absolute atomic E-state index is 11.2. The van der Waals surface area contributed by atoms with Gasteiger partial charge < -0.3 is 15.8 Å². The van der Waals surface area contributed by atoms with Crippen molar-refractivity contribution >= 4 is 11.6 Å². The topological polar surface area (TPSA) is 64.3 Å². The molecule has 0 aliphatic carbocycles. The molecule has 1 aliphatic rings. The van der Waals surface area contributed by atoms with Gasteiger partial charge in [0.25, 0.3) is 0 Å². The van der Waals surface area contributed by atoms with Crippen molar-refractivity contribution in [3.8, 4) is 0 Å². The summed E-state index contributed by atoms with van der Waals surface area (Å²) in [4.78, 5) is 11.2. The highest BCUT2D eigenvalue weighted by atomic mass is 16.5. The van der Waals surface area contributed by atoms with Gasteiger partial charge in [-0.3, -0.25) is 4.79 Å². The zero-order valence-electron chi connectivity index (χ0n) is 10.9. The van der Waals surface area contributed by atoms with Crippen LogP contribution in [0.15, 0.2) is 18.2 Å². The standard InChI is InChI=1S/C14H20N2O2/c1-9-6-7-11(18-9)8-16-13-5-3-4-12(10(13)2)14(15)17/h3-5,9,11,16H,6-8H2,1-2H3,(H2,15,17). The van der Waals surface area contributed by atoms with Crippen LogP contribution in [0, 0.1) is 6.92 Å². The molecule has 4 heteroatoms. The number of hydrogen-bond donors (Lipinski definition) is 2. The number of ether oxygens (including phenoxy) is 1. The van der Waals surface area contributed by atoms with Gasteiger partial charge >= 0.3 is 0 Å². The largest absolute Gasteiger partial charge is 0.382 e. The number of amides is 1. The van der Waals surface area contributed by atoms with Crippen LogP contribution < -0.4 is 11.1 Å². The first-order chi connectivity index (χ1) is 8.58. The summed E-state index contributed by atoms with van der Waals surface area (Å²) in [7, 11) is 0. The van der Waals surface area contributed by atoms with Crippen molar-refractivity contribution in [3.63, 3.8) is 0 Å². The summed E-state index contributed by atoms with van der Waals surface area (Å²) in [5.74, 6) is -0.387. The molecular weight excluding hydrogens is 228 g/mol. The summed E-state index contributed by atoms with van der Waals surface area (Å²) >= 11 is 0. The van der Waals surface area contributed by atoms with E-state index in [-0.39, 0.29) is 12.0 Å². The van der Waals surface area contributed by atoms with Gasteiger partial charge in [-0.2, -0.15) is 0 Å². The van der Waals surface area contributed by atoms with Gasteiger partial charge in [0.05, 0.1) is 12.2 Å². The van der Waals surface area contributed by atoms with Crippen LogP contribution in [0.1, 0.15) is 35.7 Å². The summed E-state index contributed by atoms with van der Waals surface area (Å²) in [5.41, 5.74) is 7.75. The Hall–Kier alpha value is -1.55. The second-order valence-electron chi connectivity index (χ2n) is 4.87. The number of anilines is 1. The molecule has 3 N–H and O–H groups in total. The minimum Gasteiger partial charge on any atom is -0.382 e. The Morgan fingerprint density at radius 2 is 2.28 bits per heavy atom. The van der Waals surface area contributed by atoms with E-state index in [4.69, 9.17) is 10.5 Å². The highest BCUT2D eigenvalue weighted by Crippen LogP contribution is 2.22. The average molecular weight is 248 g/mol. The number of nitrogens with two attached hydrogens (primary N) is 1. The number of hydrogen-bond acceptors (Lipinski definition) is 3. The third-order valence-electron chi connectivity index (χ3n) is 3.44. The molecule has 2 unspecified atom stereocenters. The minimum atomic E-state index is -0.387. The fourth-order valence-electron chi connectivity index (χ4n) is 2.35. The van der Waals surface area contributed by atoms with E-state index in [0.29, 0.717) is 11.7 Å². The number of carbonyl (C=O) groups is 1. The SMILES string of the molecule is Cc1c(NCC2CCC(C)O2)cccc1C(N)=O. The number of nitrogens with one attached hydrogen (secondary N) is 1. The second kappa shape index (κ2) is 5.40. The summed E-state index contributed by atoms with van der Waals surface area (Å²) in [6.07, 6.45) is 2.82. The third-order valence-corrected chi connectivity index (χ3v) is 3.44. The van der Waals surface area contributed by atoms with Crippen molar-refractivity contribution < 1.29 is 9.53 Å². The molecule has 1 fully saturated rings. The quantitative estimate of drug-likeness (QED) is 0.857. The molecule has 1 amide bonds. The van der Waals surface area contributed by atoms with Gasteiger partial charge in [0, 0.05) is 17.8 Å². The minimum absolute atomic E-state index is 0.261. The van der Waals surface area contributed by atoms with Gasteiger partial charge in [-0.1, -0.05) is 6.07 Å². The highest BCUT2D eigenvalue weighted by molar-refractivity contribution is 5.95. The van der Waals surface area contributed by atoms with E-state index in [0.717, 1.165) is 30.6 Å². The first-order valence-corrected chi connectivity index (χ1v) is 6.36. The molecular formula is C14H20N2O2. The summed E-state index contributed by atoms with van der Waals surface area (Å²) in [6, 6.07) is 5.55. The lowest BCUT2D eigenvalue weighted by Crippen LogP contribution is -2.21. The van der Waals surface area contributed by atoms with E-state index < -0.39 is 0 Å². The predicted octanol–water partition coefficient (Wildman–Crippen LogP) is 2.07. The number of primary amides is 1. The molecule has 0 spiro atoms. The van der Waals surface area contributed by atoms with E-state index in [1.54, 1.807) is 6.07 Å². The highest BCUT2D eigenvalue weighted by Gasteiger charge is 2.21. The Labute approximate surface area is 108 Å². The van der Waals surface area contributed by atoms with E-state index in [1.165, 1.54) is 0 Å². The van der Waals surface area contributed by atoms with Crippen molar-refractivity contribution in [1.29, 1.82) is 0 Å². The zero-order valence-corrected chi connectivity index (χ0v) is 10.9. The van der Waals surface area contributed by atoms with Gasteiger partial charge in [-0.25, -0.2) is 0 Å². The van der Waals surface area contributed by atoms with Crippen LogP contribution in [0.2, 0.25) is 0 Å². The molecule has 4 nitrogen and oxygen atoms in total. The molecule has 2 atom stereocenters. The lowest BCUT2D eigenvalue weighted by Gasteiger charge is -2.15. The van der Waals surface area contributed by atoms with Gasteiger partial charge in [0.2, 0.25) is 5.91 Å². The van der Waals surface area contributed by atoms with Gasteiger partial charge in [0.15, 0.2) is 0 Å². The van der Waals surface area contributed by atoms with E-state index in [1.807, 2.05) is 19.1 Å². The molecule has 0 bridgehead atoms. The third kappa shape index (κ3) is 2.82. The van der Waals surface area contributed by atoms with Gasteiger partial charge in [0.1, 0.15) is 0 Å². The predicted molar refractivity (Wildman–Crippen MR) is 71.8 cm³/mol. The summed E-state index contributed by atoms with van der Waals surface area (Å²) in [6.45, 7) is 4.77. The Balaban J connectivity index is 2.01. The van der Waals surface area contributed by atoms with Crippen molar-refractivity contribution in [1.82, 2.24) is 0 Å². The number of rotatable bonds is 4. The lowest BCUT2D eigenvalue weighted by atomic mass is 10.1. The van der Waals surface area contributed by atoms with Crippen molar-refractivity contribution in [3.05, 3.63) is 29.3 Å². The molecule has 1 aromatic carbocycles. The molecule has 18 heavy (non-hydrogen) atoms. The molecule has 0 aromatic heterocycles. The second-order valence-corrected chi connectivity index (χ2v) is 4.87. The van der Waals surface area contributed by atoms with Crippen LogP contribution in [0.3, 0.4) is 0 Å². The summed E-state index contributed by atoms with van der Waals surface area (Å²) in [5, 5.41) is 3.34. The molecule has 1 saturated heterocycles. The summed E-state index contributed by atoms with van der Waals surface area (Å²) < 4.78 is 5.75. The van der Waals surface area contributed by atoms with Crippen LogP contribution in [0.25, 0.3) is 0 Å². The van der Waals surface area contributed by atoms with E-state index in [9.17, 15) is 4.79 Å². The maximum Gasteiger partial charge on any atom is 0.249 e. The molecule has 1 heterocycles. The van der Waals surface area contributed by atoms with Gasteiger partial charge in [-0.15, -0.1) is 0 Å². The Morgan fingerprint density at radius 1 is 1.50 bits per heavy atom. The molecule has 0 saturated carbocycles. The fourth-order valence-corrected chi connectivity index (χ4v) is 2.35. The molecule has 1 aromatic rings. The van der Waals surface area contributed by atoms with Crippen molar-refractivity contribution in [2.45, 2.75) is 38.9 Å². The first kappa shape index (κ1) is 12.9. The van der Waals surface area contributed by atoms with Crippen molar-refractivity contribution in [2.75, 3.05) is 11.9 Å². The first-order valence-electron chi connectivity index (χ1n) is 6.36. The number of benzene rings is 1. The maximum atomic E-state index is 11.2. The smallest absolute Gasteiger partial charge is 0.249 e. The Bertz CT molecular complexity index is 445. The number of carbonyl (C=O) groups excluding carboxylic acids is 1. The van der Waals surface area contributed by atoms with Crippen LogP contribution in [0.4, 0.5) is 5.69 Å². The Kier molecular flexibility index (Phi) is 3.87. The molecule has 98 valence electrons. The monoisotopic (exact) mass is 248 g/mol. The average Bonchev–Trinajstić information content (AvgIpc) is 2.73.